The van der Waals surface area contributed by atoms with Crippen molar-refractivity contribution in [1.82, 2.24) is 14.8 Å². The summed E-state index contributed by atoms with van der Waals surface area (Å²) in [4.78, 5) is 34.0. The van der Waals surface area contributed by atoms with Crippen LogP contribution < -0.4 is 4.74 Å². The molecular formula is C29H30ClN3O4. The van der Waals surface area contributed by atoms with E-state index in [1.54, 1.807) is 54.6 Å². The number of phenols is 1. The number of aromatic nitrogens is 1. The number of carbonyl (C=O) groups excluding carboxylic acids is 2. The fourth-order valence-electron chi connectivity index (χ4n) is 5.27. The molecule has 8 heteroatoms. The Morgan fingerprint density at radius 3 is 2.35 bits per heavy atom. The first kappa shape index (κ1) is 25.1. The van der Waals surface area contributed by atoms with Gasteiger partial charge in [-0.2, -0.15) is 0 Å². The van der Waals surface area contributed by atoms with Gasteiger partial charge in [0.25, 0.3) is 5.91 Å². The van der Waals surface area contributed by atoms with Crippen LogP contribution in [0, 0.1) is 11.8 Å². The minimum absolute atomic E-state index is 0.0233. The van der Waals surface area contributed by atoms with Crippen LogP contribution in [-0.2, 0) is 11.2 Å². The third kappa shape index (κ3) is 6.23. The van der Waals surface area contributed by atoms with Crippen LogP contribution in [0.2, 0.25) is 5.02 Å². The van der Waals surface area contributed by atoms with E-state index in [1.807, 2.05) is 15.9 Å². The van der Waals surface area contributed by atoms with Gasteiger partial charge in [-0.15, -0.1) is 0 Å². The summed E-state index contributed by atoms with van der Waals surface area (Å²) in [5, 5.41) is 10.2. The number of ether oxygens (including phenoxy) is 1. The average molecular weight is 520 g/mol. The molecule has 1 aromatic heterocycles. The number of aromatic hydroxyl groups is 1. The second-order valence-corrected chi connectivity index (χ2v) is 10.2. The summed E-state index contributed by atoms with van der Waals surface area (Å²) in [5.74, 6) is 2.30. The highest BCUT2D eigenvalue weighted by Gasteiger charge is 2.37. The van der Waals surface area contributed by atoms with Crippen molar-refractivity contribution in [2.24, 2.45) is 11.8 Å². The summed E-state index contributed by atoms with van der Waals surface area (Å²) in [6.07, 6.45) is 4.39. The molecule has 7 nitrogen and oxygen atoms in total. The second-order valence-electron chi connectivity index (χ2n) is 9.80. The summed E-state index contributed by atoms with van der Waals surface area (Å²) >= 11 is 5.86. The van der Waals surface area contributed by atoms with Crippen molar-refractivity contribution < 1.29 is 19.4 Å². The van der Waals surface area contributed by atoms with Crippen molar-refractivity contribution >= 4 is 23.4 Å². The van der Waals surface area contributed by atoms with E-state index in [-0.39, 0.29) is 17.6 Å². The van der Waals surface area contributed by atoms with Gasteiger partial charge in [0.15, 0.2) is 0 Å². The second kappa shape index (κ2) is 11.2. The molecule has 1 N–H and O–H groups in total. The zero-order chi connectivity index (χ0) is 25.8. The Bertz CT molecular complexity index is 1230. The lowest BCUT2D eigenvalue weighted by molar-refractivity contribution is -0.130. The van der Waals surface area contributed by atoms with Crippen molar-refractivity contribution in [3.05, 3.63) is 83.0 Å². The molecule has 0 bridgehead atoms. The van der Waals surface area contributed by atoms with E-state index in [2.05, 4.69) is 4.98 Å². The molecule has 2 amide bonds. The van der Waals surface area contributed by atoms with E-state index < -0.39 is 0 Å². The molecule has 0 unspecified atom stereocenters. The number of rotatable bonds is 6. The maximum absolute atomic E-state index is 13.2. The third-order valence-electron chi connectivity index (χ3n) is 7.32. The minimum Gasteiger partial charge on any atom is -0.508 e. The molecule has 0 saturated carbocycles. The fourth-order valence-corrected chi connectivity index (χ4v) is 5.38. The number of fused-ring (bicyclic) bond motifs is 1. The van der Waals surface area contributed by atoms with Gasteiger partial charge in [-0.05, 0) is 79.1 Å². The summed E-state index contributed by atoms with van der Waals surface area (Å²) in [5.41, 5.74) is 1.60. The Morgan fingerprint density at radius 2 is 1.70 bits per heavy atom. The smallest absolute Gasteiger partial charge is 0.253 e. The van der Waals surface area contributed by atoms with Crippen LogP contribution >= 0.6 is 11.6 Å². The normalized spacial score (nSPS) is 19.3. The highest BCUT2D eigenvalue weighted by molar-refractivity contribution is 6.30. The summed E-state index contributed by atoms with van der Waals surface area (Å²) in [7, 11) is 0. The molecule has 2 atom stereocenters. The number of hydrogen-bond acceptors (Lipinski definition) is 5. The Kier molecular flexibility index (Phi) is 7.60. The Morgan fingerprint density at radius 1 is 0.973 bits per heavy atom. The lowest BCUT2D eigenvalue weighted by atomic mass is 9.92. The molecule has 0 aliphatic carbocycles. The number of benzene rings is 2. The SMILES string of the molecule is O=C(CCc1cccc(O)c1)N1C[C@H]2CCN(C(=O)c3ccc(Oc4ccc(Cl)cn4)cc3)CC[C@H]2C1. The number of pyridine rings is 1. The fraction of sp³-hybridized carbons (Fsp3) is 0.345. The van der Waals surface area contributed by atoms with E-state index in [1.165, 1.54) is 6.20 Å². The predicted octanol–water partition coefficient (Wildman–Crippen LogP) is 5.18. The van der Waals surface area contributed by atoms with Crippen LogP contribution in [0.15, 0.2) is 66.9 Å². The minimum atomic E-state index is 0.0233. The van der Waals surface area contributed by atoms with Crippen LogP contribution in [0.3, 0.4) is 0 Å². The Labute approximate surface area is 221 Å². The monoisotopic (exact) mass is 519 g/mol. The Hall–Kier alpha value is -3.58. The predicted molar refractivity (Wildman–Crippen MR) is 141 cm³/mol. The number of phenolic OH excluding ortho intramolecular Hbond substituents is 1. The number of amides is 2. The van der Waals surface area contributed by atoms with Crippen LogP contribution in [0.1, 0.15) is 35.2 Å². The van der Waals surface area contributed by atoms with Crippen molar-refractivity contribution in [2.45, 2.75) is 25.7 Å². The highest BCUT2D eigenvalue weighted by Crippen LogP contribution is 2.33. The van der Waals surface area contributed by atoms with E-state index in [0.717, 1.165) is 31.5 Å². The van der Waals surface area contributed by atoms with Crippen LogP contribution in [0.5, 0.6) is 17.4 Å². The van der Waals surface area contributed by atoms with Crippen LogP contribution in [0.4, 0.5) is 0 Å². The lowest BCUT2D eigenvalue weighted by Crippen LogP contribution is -2.34. The molecule has 0 radical (unpaired) electrons. The molecule has 192 valence electrons. The van der Waals surface area contributed by atoms with Gasteiger partial charge in [-0.25, -0.2) is 4.98 Å². The number of hydrogen-bond donors (Lipinski definition) is 1. The van der Waals surface area contributed by atoms with E-state index in [4.69, 9.17) is 16.3 Å². The Balaban J connectivity index is 1.11. The van der Waals surface area contributed by atoms with Gasteiger partial charge in [0, 0.05) is 50.4 Å². The van der Waals surface area contributed by atoms with Crippen molar-refractivity contribution in [3.8, 4) is 17.4 Å². The third-order valence-corrected chi connectivity index (χ3v) is 7.54. The van der Waals surface area contributed by atoms with Crippen molar-refractivity contribution in [3.63, 3.8) is 0 Å². The van der Waals surface area contributed by atoms with Gasteiger partial charge < -0.3 is 19.6 Å². The van der Waals surface area contributed by atoms with E-state index in [0.29, 0.717) is 60.0 Å². The zero-order valence-corrected chi connectivity index (χ0v) is 21.3. The van der Waals surface area contributed by atoms with Gasteiger partial charge in [-0.1, -0.05) is 23.7 Å². The highest BCUT2D eigenvalue weighted by atomic mass is 35.5. The molecule has 5 rings (SSSR count). The van der Waals surface area contributed by atoms with Crippen LogP contribution in [-0.4, -0.2) is 57.9 Å². The molecule has 3 aromatic rings. The van der Waals surface area contributed by atoms with Gasteiger partial charge in [-0.3, -0.25) is 9.59 Å². The van der Waals surface area contributed by atoms with Crippen LogP contribution in [0.25, 0.3) is 0 Å². The molecule has 2 aliphatic heterocycles. The number of aryl methyl sites for hydroxylation is 1. The first-order chi connectivity index (χ1) is 17.9. The quantitative estimate of drug-likeness (QED) is 0.485. The molecular weight excluding hydrogens is 490 g/mol. The van der Waals surface area contributed by atoms with Crippen molar-refractivity contribution in [2.75, 3.05) is 26.2 Å². The molecule has 2 fully saturated rings. The van der Waals surface area contributed by atoms with Gasteiger partial charge in [0.05, 0.1) is 5.02 Å². The van der Waals surface area contributed by atoms with Gasteiger partial charge >= 0.3 is 0 Å². The number of carbonyl (C=O) groups is 2. The summed E-state index contributed by atoms with van der Waals surface area (Å²) in [6, 6.07) is 17.6. The van der Waals surface area contributed by atoms with E-state index >= 15 is 0 Å². The van der Waals surface area contributed by atoms with Gasteiger partial charge in [0.2, 0.25) is 11.8 Å². The topological polar surface area (TPSA) is 83.0 Å². The average Bonchev–Trinajstić information content (AvgIpc) is 3.22. The summed E-state index contributed by atoms with van der Waals surface area (Å²) in [6.45, 7) is 2.91. The molecule has 37 heavy (non-hydrogen) atoms. The number of likely N-dealkylation sites (tertiary alicyclic amines) is 2. The maximum atomic E-state index is 13.2. The number of nitrogens with zero attached hydrogens (tertiary/aromatic N) is 3. The number of halogens is 1. The van der Waals surface area contributed by atoms with Crippen molar-refractivity contribution in [1.29, 1.82) is 0 Å². The zero-order valence-electron chi connectivity index (χ0n) is 20.6. The molecule has 2 aliphatic rings. The summed E-state index contributed by atoms with van der Waals surface area (Å²) < 4.78 is 5.72. The standard InChI is InChI=1S/C29H30ClN3O4/c30-24-7-10-27(31-17-24)37-26-8-5-21(6-9-26)29(36)32-14-12-22-18-33(19-23(22)13-15-32)28(35)11-4-20-2-1-3-25(34)16-20/h1-3,5-10,16-17,22-23,34H,4,11-15,18-19H2/t22-,23+. The van der Waals surface area contributed by atoms with E-state index in [9.17, 15) is 14.7 Å². The molecule has 2 aromatic carbocycles. The van der Waals surface area contributed by atoms with Gasteiger partial charge in [0.1, 0.15) is 11.5 Å². The largest absolute Gasteiger partial charge is 0.508 e. The maximum Gasteiger partial charge on any atom is 0.253 e. The first-order valence-corrected chi connectivity index (χ1v) is 13.1. The molecule has 0 spiro atoms. The first-order valence-electron chi connectivity index (χ1n) is 12.7. The molecule has 3 heterocycles. The lowest BCUT2D eigenvalue weighted by Gasteiger charge is -2.22. The molecule has 2 saturated heterocycles.